The van der Waals surface area contributed by atoms with Gasteiger partial charge in [0.15, 0.2) is 0 Å². The molecule has 16 aliphatic rings. The first-order valence-electron chi connectivity index (χ1n) is 53.3. The summed E-state index contributed by atoms with van der Waals surface area (Å²) in [5.41, 5.74) is 7.14. The van der Waals surface area contributed by atoms with Crippen LogP contribution in [-0.4, -0.2) is 323 Å². The van der Waals surface area contributed by atoms with E-state index in [1.165, 1.54) is 375 Å². The van der Waals surface area contributed by atoms with Gasteiger partial charge in [-0.15, -0.1) is 0 Å². The van der Waals surface area contributed by atoms with Crippen molar-refractivity contribution in [3.05, 3.63) is 49.1 Å². The Balaban J connectivity index is 0.000000131. The predicted molar refractivity (Wildman–Crippen MR) is 531 cm³/mol. The smallest absolute Gasteiger partial charge is 0.272 e. The van der Waals surface area contributed by atoms with Gasteiger partial charge in [-0.3, -0.25) is 44.3 Å². The molecular formula is C109H195F2N15O. The highest BCUT2D eigenvalue weighted by Gasteiger charge is 2.52. The van der Waals surface area contributed by atoms with Crippen molar-refractivity contribution in [2.24, 2.45) is 38.4 Å². The minimum absolute atomic E-state index is 0.00245. The Morgan fingerprint density at radius 1 is 0.299 bits per heavy atom. The number of pyridine rings is 2. The van der Waals surface area contributed by atoms with Crippen LogP contribution in [0.3, 0.4) is 0 Å². The number of halogens is 2. The predicted octanol–water partition coefficient (Wildman–Crippen LogP) is 21.1. The molecule has 18 rings (SSSR count). The third-order valence-electron chi connectivity index (χ3n) is 37.2. The second kappa shape index (κ2) is 42.9. The normalized spacial score (nSPS) is 28.0. The van der Waals surface area contributed by atoms with Gasteiger partial charge in [-0.25, -0.2) is 8.78 Å². The van der Waals surface area contributed by atoms with Crippen LogP contribution in [0.5, 0.6) is 5.75 Å². The number of alkyl halides is 2. The van der Waals surface area contributed by atoms with Crippen LogP contribution in [0.2, 0.25) is 0 Å². The zero-order valence-corrected chi connectivity index (χ0v) is 86.0. The Morgan fingerprint density at radius 2 is 0.591 bits per heavy atom. The molecule has 0 unspecified atom stereocenters. The Bertz CT molecular complexity index is 3470. The second-order valence-corrected chi connectivity index (χ2v) is 51.6. The first-order chi connectivity index (χ1) is 59.9. The Kier molecular flexibility index (Phi) is 34.4. The summed E-state index contributed by atoms with van der Waals surface area (Å²) < 4.78 is 32.1. The molecule has 726 valence electrons. The molecule has 13 saturated heterocycles. The molecule has 2 aromatic heterocycles. The number of aromatic nitrogens is 2. The largest absolute Gasteiger partial charge is 0.490 e. The molecule has 0 bridgehead atoms. The molecule has 0 aromatic carbocycles. The molecule has 15 heterocycles. The molecule has 16 nitrogen and oxygen atoms in total. The molecule has 127 heavy (non-hydrogen) atoms. The topological polar surface area (TPSA) is 77.1 Å². The highest BCUT2D eigenvalue weighted by atomic mass is 19.3. The monoisotopic (exact) mass is 1770 g/mol. The Morgan fingerprint density at radius 3 is 0.937 bits per heavy atom. The van der Waals surface area contributed by atoms with Crippen LogP contribution in [0.4, 0.5) is 14.5 Å². The first kappa shape index (κ1) is 102. The molecule has 16 fully saturated rings. The summed E-state index contributed by atoms with van der Waals surface area (Å²) in [5, 5.41) is 0. The van der Waals surface area contributed by atoms with Gasteiger partial charge < -0.3 is 34.1 Å². The van der Waals surface area contributed by atoms with E-state index in [0.29, 0.717) is 66.9 Å². The number of hydrogen-bond acceptors (Lipinski definition) is 16. The number of anilines is 1. The maximum atomic E-state index is 13.0. The summed E-state index contributed by atoms with van der Waals surface area (Å²) in [6, 6.07) is 10.4. The summed E-state index contributed by atoms with van der Waals surface area (Å²) in [7, 11) is 4.54. The Hall–Kier alpha value is -2.72. The fraction of sp³-hybridized carbons (Fsp3) is 0.908. The summed E-state index contributed by atoms with van der Waals surface area (Å²) in [6.07, 6.45) is 54.5. The maximum Gasteiger partial charge on any atom is 0.272 e. The lowest BCUT2D eigenvalue weighted by Crippen LogP contribution is -2.61. The number of likely N-dealkylation sites (tertiary alicyclic amines) is 12. The van der Waals surface area contributed by atoms with E-state index in [4.69, 9.17) is 4.74 Å². The van der Waals surface area contributed by atoms with Crippen LogP contribution in [-0.2, 0) is 0 Å². The average molecular weight is 1770 g/mol. The highest BCUT2D eigenvalue weighted by Crippen LogP contribution is 2.53. The van der Waals surface area contributed by atoms with E-state index in [1.54, 1.807) is 0 Å². The number of rotatable bonds is 8. The van der Waals surface area contributed by atoms with E-state index in [0.717, 1.165) is 42.0 Å². The molecular weight excluding hydrogens is 1570 g/mol. The van der Waals surface area contributed by atoms with Crippen molar-refractivity contribution in [1.29, 1.82) is 0 Å². The molecule has 0 N–H and O–H groups in total. The summed E-state index contributed by atoms with van der Waals surface area (Å²) >= 11 is 0. The van der Waals surface area contributed by atoms with E-state index >= 15 is 0 Å². The van der Waals surface area contributed by atoms with E-state index < -0.39 is 5.92 Å². The van der Waals surface area contributed by atoms with Crippen molar-refractivity contribution in [3.63, 3.8) is 0 Å². The SMILES string of the molecule is CC(C)(C)N1CCC2(CCC(N3CC(F)(F)C3)CC2)CC1.CC(C)(C)N1CCC2(CCC(N3CCC3)CC2)CC1.CC(C)(C)N1CCC2(CCC(Oc3ccncc3)CC2)CC1.CC(C)(C)N1CCC2(CCN(c3ccncc3)CC2)C1.CN1CCC(CN2CCC3(CC2)CCN(C(C)(C)C)CC3)CC1.CN1CCC(N2CCC3(CC2)CCN(C(C)(C)C)CC3)CC1. The van der Waals surface area contributed by atoms with Gasteiger partial charge in [0.2, 0.25) is 0 Å². The number of piperidine rings is 10. The maximum absolute atomic E-state index is 13.0. The summed E-state index contributed by atoms with van der Waals surface area (Å²) in [4.78, 5) is 42.0. The van der Waals surface area contributed by atoms with Crippen molar-refractivity contribution >= 4 is 5.69 Å². The number of hydrogen-bond donors (Lipinski definition) is 0. The summed E-state index contributed by atoms with van der Waals surface area (Å²) in [6.45, 7) is 74.9. The lowest BCUT2D eigenvalue weighted by Gasteiger charge is -2.52. The fourth-order valence-electron chi connectivity index (χ4n) is 26.6. The number of nitrogens with zero attached hydrogens (tertiary/aromatic N) is 15. The van der Waals surface area contributed by atoms with Crippen LogP contribution >= 0.6 is 0 Å². The molecule has 13 aliphatic heterocycles. The van der Waals surface area contributed by atoms with E-state index in [2.05, 4.69) is 220 Å². The average Bonchev–Trinajstić information content (AvgIpc) is 1.71. The molecule has 0 atom stereocenters. The van der Waals surface area contributed by atoms with Crippen molar-refractivity contribution in [2.45, 2.75) is 406 Å². The fourth-order valence-corrected chi connectivity index (χ4v) is 26.6. The van der Waals surface area contributed by atoms with Gasteiger partial charge >= 0.3 is 0 Å². The van der Waals surface area contributed by atoms with Gasteiger partial charge in [0.25, 0.3) is 5.92 Å². The summed E-state index contributed by atoms with van der Waals surface area (Å²) in [5.74, 6) is -0.478. The molecule has 0 radical (unpaired) electrons. The lowest BCUT2D eigenvalue weighted by molar-refractivity contribution is -0.154. The van der Waals surface area contributed by atoms with Crippen molar-refractivity contribution in [2.75, 3.05) is 196 Å². The molecule has 0 amide bonds. The first-order valence-corrected chi connectivity index (χ1v) is 53.3. The minimum atomic E-state index is -2.41. The van der Waals surface area contributed by atoms with Crippen LogP contribution in [0.25, 0.3) is 0 Å². The van der Waals surface area contributed by atoms with Crippen molar-refractivity contribution in [1.82, 2.24) is 68.8 Å². The van der Waals surface area contributed by atoms with Crippen molar-refractivity contribution < 1.29 is 13.5 Å². The molecule has 3 saturated carbocycles. The molecule has 3 aliphatic carbocycles. The molecule has 18 heteroatoms. The van der Waals surface area contributed by atoms with Gasteiger partial charge in [-0.05, 0) is 557 Å². The third kappa shape index (κ3) is 28.5. The van der Waals surface area contributed by atoms with Gasteiger partial charge in [0.1, 0.15) is 5.75 Å². The minimum Gasteiger partial charge on any atom is -0.490 e. The van der Waals surface area contributed by atoms with Crippen LogP contribution < -0.4 is 9.64 Å². The van der Waals surface area contributed by atoms with Gasteiger partial charge in [-0.2, -0.15) is 0 Å². The molecule has 2 aromatic rings. The standard InChI is InChI=1S/C20H39N3.C19H37N3.C19H30N2O.C17H30F2N2.C17H27N3.C17H32N2/c1-19(2,3)23-15-9-20(10-16-23)7-13-22(14-8-20)17-18-5-11-21(4)12-6-18;1-18(2,3)22-15-9-19(10-16-22)7-13-21(14-8-19)17-5-11-20(4)12-6-17;1-18(2,3)21-14-10-19(11-15-21)8-4-16(5-9-19)22-17-6-12-20-13-7-17;1-15(2,3)21-10-8-16(9-11-21)6-4-14(5-7-16)20-12-17(18,19)13-20;1-16(2,3)20-13-8-17(14-20)6-11-19(12-7-17)15-4-9-18-10-5-15;1-16(2,3)19-13-9-17(10-14-19)7-5-15(6-8-17)18-11-4-12-18/h18H,5-17H2,1-4H3;17H,5-16H2,1-4H3;6-7,12-13,16H,4-5,8-11,14-15H2,1-3H3;14H,4-13H2,1-3H3;4-5,9-10H,6-8,11-14H2,1-3H3;15H,4-14H2,1-3H3. The van der Waals surface area contributed by atoms with Gasteiger partial charge in [0.05, 0.1) is 19.2 Å². The van der Waals surface area contributed by atoms with E-state index in [-0.39, 0.29) is 18.6 Å². The quantitative estimate of drug-likeness (QED) is 0.251. The van der Waals surface area contributed by atoms with Gasteiger partial charge in [-0.1, -0.05) is 0 Å². The second-order valence-electron chi connectivity index (χ2n) is 51.6. The highest BCUT2D eigenvalue weighted by molar-refractivity contribution is 5.45. The Labute approximate surface area is 778 Å². The zero-order valence-electron chi connectivity index (χ0n) is 86.0. The van der Waals surface area contributed by atoms with Crippen LogP contribution in [0.1, 0.15) is 343 Å². The van der Waals surface area contributed by atoms with Crippen molar-refractivity contribution in [3.8, 4) is 5.75 Å². The molecule has 6 spiro atoms. The number of ether oxygens (including phenoxy) is 1. The van der Waals surface area contributed by atoms with E-state index in [9.17, 15) is 8.78 Å². The van der Waals surface area contributed by atoms with Crippen LogP contribution in [0.15, 0.2) is 49.1 Å². The van der Waals surface area contributed by atoms with E-state index in [1.807, 2.05) is 41.8 Å². The zero-order chi connectivity index (χ0) is 91.0. The third-order valence-corrected chi connectivity index (χ3v) is 37.2. The lowest BCUT2D eigenvalue weighted by atomic mass is 9.66. The van der Waals surface area contributed by atoms with Gasteiger partial charge in [0, 0.05) is 108 Å². The van der Waals surface area contributed by atoms with Crippen LogP contribution in [0, 0.1) is 38.4 Å².